The zero-order chi connectivity index (χ0) is 13.2. The predicted molar refractivity (Wildman–Crippen MR) is 79.4 cm³/mol. The van der Waals surface area contributed by atoms with Crippen LogP contribution >= 0.6 is 11.8 Å². The molecule has 3 nitrogen and oxygen atoms in total. The lowest BCUT2D eigenvalue weighted by atomic mass is 10.2. The molecule has 0 N–H and O–H groups in total. The van der Waals surface area contributed by atoms with Gasteiger partial charge >= 0.3 is 0 Å². The summed E-state index contributed by atoms with van der Waals surface area (Å²) in [5.41, 5.74) is 2.16. The maximum atomic E-state index is 5.19. The average molecular weight is 270 g/mol. The summed E-state index contributed by atoms with van der Waals surface area (Å²) in [6.07, 6.45) is 2.05. The number of thioether (sulfide) groups is 1. The second-order valence-electron chi connectivity index (χ2n) is 4.14. The van der Waals surface area contributed by atoms with Crippen molar-refractivity contribution in [3.63, 3.8) is 0 Å². The van der Waals surface area contributed by atoms with Crippen LogP contribution in [0.25, 0.3) is 16.6 Å². The molecule has 0 fully saturated rings. The van der Waals surface area contributed by atoms with Crippen LogP contribution in [0.5, 0.6) is 5.75 Å². The number of rotatable bonds is 3. The van der Waals surface area contributed by atoms with Crippen molar-refractivity contribution in [1.29, 1.82) is 0 Å². The van der Waals surface area contributed by atoms with Crippen LogP contribution in [0.2, 0.25) is 0 Å². The first kappa shape index (κ1) is 12.1. The van der Waals surface area contributed by atoms with Crippen molar-refractivity contribution in [3.8, 4) is 11.4 Å². The fourth-order valence-electron chi connectivity index (χ4n) is 2.11. The highest BCUT2D eigenvalue weighted by Crippen LogP contribution is 2.28. The van der Waals surface area contributed by atoms with E-state index in [2.05, 4.69) is 17.2 Å². The molecule has 1 aromatic heterocycles. The third kappa shape index (κ3) is 2.08. The molecule has 0 amide bonds. The summed E-state index contributed by atoms with van der Waals surface area (Å²) in [4.78, 5) is 0. The van der Waals surface area contributed by atoms with Crippen LogP contribution in [0, 0.1) is 0 Å². The number of hydrogen-bond donors (Lipinski definition) is 0. The molecule has 0 aliphatic heterocycles. The minimum atomic E-state index is 0.852. The lowest BCUT2D eigenvalue weighted by Crippen LogP contribution is -1.96. The van der Waals surface area contributed by atoms with Crippen molar-refractivity contribution in [2.75, 3.05) is 13.4 Å². The van der Waals surface area contributed by atoms with Gasteiger partial charge in [0.2, 0.25) is 0 Å². The van der Waals surface area contributed by atoms with Crippen LogP contribution in [0.3, 0.4) is 0 Å². The van der Waals surface area contributed by atoms with E-state index in [9.17, 15) is 0 Å². The first-order valence-corrected chi connectivity index (χ1v) is 7.22. The number of nitrogens with zero attached hydrogens (tertiary/aromatic N) is 2. The molecule has 2 aromatic carbocycles. The molecule has 0 saturated carbocycles. The number of fused-ring (bicyclic) bond motifs is 1. The number of hydrogen-bond acceptors (Lipinski definition) is 3. The van der Waals surface area contributed by atoms with E-state index >= 15 is 0 Å². The van der Waals surface area contributed by atoms with Gasteiger partial charge < -0.3 is 4.74 Å². The van der Waals surface area contributed by atoms with Gasteiger partial charge in [0.1, 0.15) is 10.8 Å². The highest BCUT2D eigenvalue weighted by atomic mass is 32.2. The molecule has 0 aliphatic carbocycles. The predicted octanol–water partition coefficient (Wildman–Crippen LogP) is 3.76. The maximum Gasteiger partial charge on any atom is 0.126 e. The van der Waals surface area contributed by atoms with Gasteiger partial charge in [0, 0.05) is 5.39 Å². The Morgan fingerprint density at radius 3 is 2.47 bits per heavy atom. The standard InChI is InChI=1S/C15H14N2OS/c1-18-12-9-7-11(8-10-12)17-14-6-4-3-5-13(14)15(16-17)19-2/h3-10H,1-2H3. The Labute approximate surface area is 116 Å². The Morgan fingerprint density at radius 2 is 1.79 bits per heavy atom. The third-order valence-electron chi connectivity index (χ3n) is 3.06. The van der Waals surface area contributed by atoms with Gasteiger partial charge in [-0.25, -0.2) is 4.68 Å². The largest absolute Gasteiger partial charge is 0.497 e. The minimum Gasteiger partial charge on any atom is -0.497 e. The summed E-state index contributed by atoms with van der Waals surface area (Å²) >= 11 is 1.66. The molecule has 1 heterocycles. The zero-order valence-electron chi connectivity index (χ0n) is 10.8. The summed E-state index contributed by atoms with van der Waals surface area (Å²) < 4.78 is 7.16. The summed E-state index contributed by atoms with van der Waals surface area (Å²) in [5.74, 6) is 0.852. The zero-order valence-corrected chi connectivity index (χ0v) is 11.6. The van der Waals surface area contributed by atoms with Gasteiger partial charge in [-0.05, 0) is 36.6 Å². The monoisotopic (exact) mass is 270 g/mol. The molecular formula is C15H14N2OS. The molecule has 4 heteroatoms. The van der Waals surface area contributed by atoms with Crippen LogP contribution in [0.1, 0.15) is 0 Å². The Kier molecular flexibility index (Phi) is 3.17. The molecule has 3 rings (SSSR count). The fraction of sp³-hybridized carbons (Fsp3) is 0.133. The van der Waals surface area contributed by atoms with E-state index in [4.69, 9.17) is 4.74 Å². The van der Waals surface area contributed by atoms with Gasteiger partial charge in [0.05, 0.1) is 18.3 Å². The lowest BCUT2D eigenvalue weighted by molar-refractivity contribution is 0.414. The number of benzene rings is 2. The van der Waals surface area contributed by atoms with E-state index in [-0.39, 0.29) is 0 Å². The first-order valence-electron chi connectivity index (χ1n) is 5.99. The Morgan fingerprint density at radius 1 is 1.05 bits per heavy atom. The summed E-state index contributed by atoms with van der Waals surface area (Å²) in [6, 6.07) is 16.2. The fourth-order valence-corrected chi connectivity index (χ4v) is 2.66. The molecule has 0 spiro atoms. The van der Waals surface area contributed by atoms with Gasteiger partial charge in [-0.2, -0.15) is 5.10 Å². The van der Waals surface area contributed by atoms with E-state index in [1.807, 2.05) is 47.3 Å². The maximum absolute atomic E-state index is 5.19. The first-order chi connectivity index (χ1) is 9.33. The Bertz CT molecular complexity index is 704. The highest BCUT2D eigenvalue weighted by Gasteiger charge is 2.10. The van der Waals surface area contributed by atoms with E-state index < -0.39 is 0 Å². The van der Waals surface area contributed by atoms with Crippen molar-refractivity contribution < 1.29 is 4.74 Å². The molecule has 0 saturated heterocycles. The van der Waals surface area contributed by atoms with E-state index in [0.29, 0.717) is 0 Å². The molecule has 3 aromatic rings. The molecule has 0 aliphatic rings. The van der Waals surface area contributed by atoms with Gasteiger partial charge in [-0.15, -0.1) is 11.8 Å². The quantitative estimate of drug-likeness (QED) is 0.678. The number of aromatic nitrogens is 2. The molecule has 96 valence electrons. The number of ether oxygens (including phenoxy) is 1. The van der Waals surface area contributed by atoms with Crippen LogP contribution in [0.4, 0.5) is 0 Å². The highest BCUT2D eigenvalue weighted by molar-refractivity contribution is 7.98. The molecule has 0 radical (unpaired) electrons. The molecule has 0 bridgehead atoms. The topological polar surface area (TPSA) is 27.1 Å². The lowest BCUT2D eigenvalue weighted by Gasteiger charge is -2.04. The van der Waals surface area contributed by atoms with Crippen molar-refractivity contribution in [2.45, 2.75) is 5.03 Å². The second kappa shape index (κ2) is 4.97. The van der Waals surface area contributed by atoms with Crippen molar-refractivity contribution in [1.82, 2.24) is 9.78 Å². The van der Waals surface area contributed by atoms with Crippen LogP contribution in [-0.2, 0) is 0 Å². The Balaban J connectivity index is 2.18. The van der Waals surface area contributed by atoms with E-state index in [1.165, 1.54) is 5.39 Å². The van der Waals surface area contributed by atoms with Crippen molar-refractivity contribution >= 4 is 22.7 Å². The molecule has 0 unspecified atom stereocenters. The third-order valence-corrected chi connectivity index (χ3v) is 3.75. The summed E-state index contributed by atoms with van der Waals surface area (Å²) in [7, 11) is 1.67. The van der Waals surface area contributed by atoms with Crippen LogP contribution in [0.15, 0.2) is 53.6 Å². The summed E-state index contributed by atoms with van der Waals surface area (Å²) in [5, 5.41) is 6.91. The van der Waals surface area contributed by atoms with Gasteiger partial charge in [0.15, 0.2) is 0 Å². The normalized spacial score (nSPS) is 10.8. The van der Waals surface area contributed by atoms with Crippen LogP contribution < -0.4 is 4.74 Å². The number of methoxy groups -OCH3 is 1. The molecule has 19 heavy (non-hydrogen) atoms. The van der Waals surface area contributed by atoms with Crippen molar-refractivity contribution in [3.05, 3.63) is 48.5 Å². The smallest absolute Gasteiger partial charge is 0.126 e. The molecule has 0 atom stereocenters. The van der Waals surface area contributed by atoms with Gasteiger partial charge in [-0.3, -0.25) is 0 Å². The summed E-state index contributed by atoms with van der Waals surface area (Å²) in [6.45, 7) is 0. The van der Waals surface area contributed by atoms with Crippen LogP contribution in [-0.4, -0.2) is 23.1 Å². The van der Waals surface area contributed by atoms with E-state index in [0.717, 1.165) is 22.0 Å². The van der Waals surface area contributed by atoms with Gasteiger partial charge in [-0.1, -0.05) is 18.2 Å². The minimum absolute atomic E-state index is 0.852. The SMILES string of the molecule is COc1ccc(-n2nc(SC)c3ccccc32)cc1. The van der Waals surface area contributed by atoms with E-state index in [1.54, 1.807) is 18.9 Å². The number of para-hydroxylation sites is 1. The Hall–Kier alpha value is -1.94. The second-order valence-corrected chi connectivity index (χ2v) is 4.93. The van der Waals surface area contributed by atoms with Crippen molar-refractivity contribution in [2.24, 2.45) is 0 Å². The molecular weight excluding hydrogens is 256 g/mol. The average Bonchev–Trinajstić information content (AvgIpc) is 2.86. The van der Waals surface area contributed by atoms with Gasteiger partial charge in [0.25, 0.3) is 0 Å².